The predicted molar refractivity (Wildman–Crippen MR) is 120 cm³/mol. The van der Waals surface area contributed by atoms with Crippen LogP contribution in [0.2, 0.25) is 0 Å². The summed E-state index contributed by atoms with van der Waals surface area (Å²) < 4.78 is 33.3. The third-order valence-corrected chi connectivity index (χ3v) is 9.61. The van der Waals surface area contributed by atoms with Gasteiger partial charge in [-0.25, -0.2) is 8.42 Å². The Morgan fingerprint density at radius 1 is 1.29 bits per heavy atom. The second-order valence-electron chi connectivity index (χ2n) is 8.31. The fourth-order valence-corrected chi connectivity index (χ4v) is 7.51. The summed E-state index contributed by atoms with van der Waals surface area (Å²) in [7, 11) is -3.65. The Kier molecular flexibility index (Phi) is 6.24. The Labute approximate surface area is 187 Å². The van der Waals surface area contributed by atoms with Crippen molar-refractivity contribution in [1.82, 2.24) is 9.21 Å². The van der Waals surface area contributed by atoms with Crippen LogP contribution < -0.4 is 10.1 Å². The van der Waals surface area contributed by atoms with E-state index in [1.165, 1.54) is 16.4 Å². The number of hydrogen-bond donors (Lipinski definition) is 1. The Morgan fingerprint density at radius 3 is 2.74 bits per heavy atom. The zero-order valence-corrected chi connectivity index (χ0v) is 19.6. The van der Waals surface area contributed by atoms with Crippen molar-refractivity contribution in [3.05, 3.63) is 18.2 Å². The highest BCUT2D eigenvalue weighted by Crippen LogP contribution is 2.47. The lowest BCUT2D eigenvalue weighted by molar-refractivity contribution is -0.135. The summed E-state index contributed by atoms with van der Waals surface area (Å²) >= 11 is 1.62. The van der Waals surface area contributed by atoms with Gasteiger partial charge in [0.1, 0.15) is 11.8 Å². The molecule has 3 heterocycles. The standard InChI is InChI=1S/C21H29N3O5S2/c1-3-29-18-8-7-15(31(27,28)23-11-5-4-6-12-23)13-16(18)22-20(26)17-14-30-21(2)10-9-19(25)24(17)21/h7-8,13,17H,3-6,9-12,14H2,1-2H3,(H,22,26)/t17-,21-/m0/s1. The lowest BCUT2D eigenvalue weighted by Gasteiger charge is -2.30. The molecule has 4 rings (SSSR count). The van der Waals surface area contributed by atoms with Crippen molar-refractivity contribution < 1.29 is 22.7 Å². The summed E-state index contributed by atoms with van der Waals surface area (Å²) in [5.41, 5.74) is 0.315. The first kappa shape index (κ1) is 22.4. The fraction of sp³-hybridized carbons (Fsp3) is 0.619. The molecule has 1 aromatic rings. The summed E-state index contributed by atoms with van der Waals surface area (Å²) in [5.74, 6) is 0.595. The highest BCUT2D eigenvalue weighted by molar-refractivity contribution is 8.01. The van der Waals surface area contributed by atoms with Crippen LogP contribution in [0.3, 0.4) is 0 Å². The molecule has 0 spiro atoms. The smallest absolute Gasteiger partial charge is 0.248 e. The second-order valence-corrected chi connectivity index (χ2v) is 11.7. The van der Waals surface area contributed by atoms with E-state index in [-0.39, 0.29) is 21.6 Å². The highest BCUT2D eigenvalue weighted by Gasteiger charge is 2.53. The van der Waals surface area contributed by atoms with Gasteiger partial charge in [0, 0.05) is 25.3 Å². The molecule has 1 aromatic carbocycles. The number of fused-ring (bicyclic) bond motifs is 1. The minimum Gasteiger partial charge on any atom is -0.492 e. The first-order valence-corrected chi connectivity index (χ1v) is 13.2. The van der Waals surface area contributed by atoms with Crippen molar-refractivity contribution in [2.75, 3.05) is 30.8 Å². The fourth-order valence-electron chi connectivity index (χ4n) is 4.53. The quantitative estimate of drug-likeness (QED) is 0.691. The third-order valence-electron chi connectivity index (χ3n) is 6.21. The predicted octanol–water partition coefficient (Wildman–Crippen LogP) is 2.65. The minimum absolute atomic E-state index is 0.0147. The third kappa shape index (κ3) is 4.17. The van der Waals surface area contributed by atoms with Crippen molar-refractivity contribution in [2.24, 2.45) is 0 Å². The molecule has 31 heavy (non-hydrogen) atoms. The van der Waals surface area contributed by atoms with Gasteiger partial charge < -0.3 is 15.0 Å². The molecule has 0 bridgehead atoms. The van der Waals surface area contributed by atoms with Gasteiger partial charge in [-0.2, -0.15) is 4.31 Å². The molecule has 0 saturated carbocycles. The number of nitrogens with zero attached hydrogens (tertiary/aromatic N) is 2. The van der Waals surface area contributed by atoms with Gasteiger partial charge in [-0.15, -0.1) is 11.8 Å². The number of benzene rings is 1. The van der Waals surface area contributed by atoms with Crippen LogP contribution in [-0.2, 0) is 19.6 Å². The maximum absolute atomic E-state index is 13.1. The summed E-state index contributed by atoms with van der Waals surface area (Å²) in [6.45, 7) is 5.21. The van der Waals surface area contributed by atoms with Gasteiger partial charge in [0.2, 0.25) is 21.8 Å². The molecule has 3 aliphatic heterocycles. The van der Waals surface area contributed by atoms with Crippen LogP contribution in [-0.4, -0.2) is 65.8 Å². The van der Waals surface area contributed by atoms with E-state index >= 15 is 0 Å². The van der Waals surface area contributed by atoms with Crippen LogP contribution in [0, 0.1) is 0 Å². The SMILES string of the molecule is CCOc1ccc(S(=O)(=O)N2CCCCC2)cc1NC(=O)[C@@H]1CS[C@@]2(C)CCC(=O)N12. The van der Waals surface area contributed by atoms with E-state index in [2.05, 4.69) is 5.32 Å². The molecule has 2 amide bonds. The topological polar surface area (TPSA) is 96.0 Å². The lowest BCUT2D eigenvalue weighted by Crippen LogP contribution is -2.48. The molecular formula is C21H29N3O5S2. The zero-order valence-electron chi connectivity index (χ0n) is 17.9. The number of amides is 2. The maximum atomic E-state index is 13.1. The van der Waals surface area contributed by atoms with Crippen LogP contribution in [0.15, 0.2) is 23.1 Å². The summed E-state index contributed by atoms with van der Waals surface area (Å²) in [6, 6.07) is 4.00. The van der Waals surface area contributed by atoms with Gasteiger partial charge in [0.05, 0.1) is 22.1 Å². The number of hydrogen-bond acceptors (Lipinski definition) is 6. The highest BCUT2D eigenvalue weighted by atomic mass is 32.2. The Hall–Kier alpha value is -1.78. The van der Waals surface area contributed by atoms with E-state index in [4.69, 9.17) is 4.74 Å². The van der Waals surface area contributed by atoms with Crippen molar-refractivity contribution >= 4 is 39.3 Å². The molecule has 170 valence electrons. The van der Waals surface area contributed by atoms with Crippen molar-refractivity contribution in [2.45, 2.75) is 61.8 Å². The molecular weight excluding hydrogens is 438 g/mol. The van der Waals surface area contributed by atoms with Gasteiger partial charge >= 0.3 is 0 Å². The number of carbonyl (C=O) groups is 2. The molecule has 0 aromatic heterocycles. The van der Waals surface area contributed by atoms with Crippen LogP contribution in [0.1, 0.15) is 46.0 Å². The summed E-state index contributed by atoms with van der Waals surface area (Å²) in [6.07, 6.45) is 3.91. The van der Waals surface area contributed by atoms with Crippen molar-refractivity contribution in [3.63, 3.8) is 0 Å². The number of carbonyl (C=O) groups excluding carboxylic acids is 2. The molecule has 0 radical (unpaired) electrons. The molecule has 8 nitrogen and oxygen atoms in total. The number of ether oxygens (including phenoxy) is 1. The maximum Gasteiger partial charge on any atom is 0.248 e. The van der Waals surface area contributed by atoms with Gasteiger partial charge in [-0.1, -0.05) is 6.42 Å². The Bertz CT molecular complexity index is 977. The number of rotatable bonds is 6. The van der Waals surface area contributed by atoms with Crippen molar-refractivity contribution in [3.8, 4) is 5.75 Å². The molecule has 3 aliphatic rings. The van der Waals surface area contributed by atoms with E-state index in [9.17, 15) is 18.0 Å². The zero-order chi connectivity index (χ0) is 22.2. The second kappa shape index (κ2) is 8.63. The van der Waals surface area contributed by atoms with E-state index in [0.717, 1.165) is 25.7 Å². The minimum atomic E-state index is -3.65. The van der Waals surface area contributed by atoms with Crippen LogP contribution >= 0.6 is 11.8 Å². The van der Waals surface area contributed by atoms with E-state index in [0.29, 0.717) is 43.3 Å². The molecule has 3 saturated heterocycles. The number of sulfonamides is 1. The van der Waals surface area contributed by atoms with Gasteiger partial charge in [0.15, 0.2) is 0 Å². The molecule has 0 aliphatic carbocycles. The average molecular weight is 468 g/mol. The van der Waals surface area contributed by atoms with Gasteiger partial charge in [0.25, 0.3) is 0 Å². The van der Waals surface area contributed by atoms with Gasteiger partial charge in [-0.3, -0.25) is 9.59 Å². The first-order valence-electron chi connectivity index (χ1n) is 10.8. The largest absolute Gasteiger partial charge is 0.492 e. The van der Waals surface area contributed by atoms with E-state index < -0.39 is 16.1 Å². The summed E-state index contributed by atoms with van der Waals surface area (Å²) in [4.78, 5) is 27.0. The van der Waals surface area contributed by atoms with Crippen LogP contribution in [0.5, 0.6) is 5.75 Å². The lowest BCUT2D eigenvalue weighted by atomic mass is 10.2. The van der Waals surface area contributed by atoms with Crippen LogP contribution in [0.25, 0.3) is 0 Å². The molecule has 2 atom stereocenters. The molecule has 0 unspecified atom stereocenters. The monoisotopic (exact) mass is 467 g/mol. The Morgan fingerprint density at radius 2 is 2.03 bits per heavy atom. The Balaban J connectivity index is 1.60. The average Bonchev–Trinajstić information content (AvgIpc) is 3.25. The van der Waals surface area contributed by atoms with Gasteiger partial charge in [-0.05, 0) is 51.3 Å². The number of nitrogens with one attached hydrogen (secondary N) is 1. The number of thioether (sulfide) groups is 1. The van der Waals surface area contributed by atoms with Crippen LogP contribution in [0.4, 0.5) is 5.69 Å². The normalized spacial score (nSPS) is 26.7. The molecule has 3 fully saturated rings. The van der Waals surface area contributed by atoms with E-state index in [1.54, 1.807) is 22.7 Å². The number of piperidine rings is 1. The van der Waals surface area contributed by atoms with E-state index in [1.807, 2.05) is 13.8 Å². The molecule has 10 heteroatoms. The first-order chi connectivity index (χ1) is 14.8. The summed E-state index contributed by atoms with van der Waals surface area (Å²) in [5, 5.41) is 2.85. The molecule has 1 N–H and O–H groups in total. The number of anilines is 1. The van der Waals surface area contributed by atoms with Crippen molar-refractivity contribution in [1.29, 1.82) is 0 Å².